The van der Waals surface area contributed by atoms with E-state index in [1.165, 1.54) is 0 Å². The SMILES string of the molecule is CC(=O)N[C@@H](CO)[C@@H](O[C@@H]1OC(C(=O)[O-])=C[C@H](O[C@@H]2O[C@@H](C)[C@@H](OS(=O)(=O)[O-])[C@@H](O)[C@@H]2OS(=O)(=O)[O-])[C@H]1O)[C@@H](OS(=O)(=O)[O-])[C@H](O)COS(=O)(=O)[O-]. The molecule has 0 aromatic carbocycles. The van der Waals surface area contributed by atoms with Gasteiger partial charge in [-0.3, -0.25) is 21.5 Å². The Kier molecular flexibility index (Phi) is 15.8. The molecule has 0 unspecified atom stereocenters. The fourth-order valence-electron chi connectivity index (χ4n) is 4.52. The molecule has 2 rings (SSSR count). The van der Waals surface area contributed by atoms with Gasteiger partial charge in [0, 0.05) is 6.92 Å². The molecular formula is C20H28NO27S4-5. The van der Waals surface area contributed by atoms with Crippen LogP contribution in [0.3, 0.4) is 0 Å². The summed E-state index contributed by atoms with van der Waals surface area (Å²) in [7, 11) is -23.2. The summed E-state index contributed by atoms with van der Waals surface area (Å²) in [4.78, 5) is 23.6. The number of carbonyl (C=O) groups excluding carboxylic acids is 2. The van der Waals surface area contributed by atoms with Crippen LogP contribution in [0.2, 0.25) is 0 Å². The van der Waals surface area contributed by atoms with Crippen molar-refractivity contribution in [3.05, 3.63) is 11.8 Å². The number of amides is 1. The Labute approximate surface area is 293 Å². The van der Waals surface area contributed by atoms with Crippen molar-refractivity contribution in [2.24, 2.45) is 0 Å². The zero-order valence-corrected chi connectivity index (χ0v) is 29.0. The number of aliphatic carboxylic acids is 1. The van der Waals surface area contributed by atoms with Crippen LogP contribution in [0.4, 0.5) is 0 Å². The lowest BCUT2D eigenvalue weighted by molar-refractivity contribution is -0.324. The van der Waals surface area contributed by atoms with Crippen LogP contribution in [0.1, 0.15) is 13.8 Å². The first kappa shape index (κ1) is 45.8. The molecule has 0 aromatic rings. The molecule has 0 aromatic heterocycles. The number of rotatable bonds is 19. The maximum atomic E-state index is 11.8. The van der Waals surface area contributed by atoms with Gasteiger partial charge in [0.05, 0.1) is 25.4 Å². The molecular weight excluding hydrogens is 814 g/mol. The van der Waals surface area contributed by atoms with Crippen LogP contribution in [-0.4, -0.2) is 171 Å². The van der Waals surface area contributed by atoms with Crippen molar-refractivity contribution in [2.75, 3.05) is 13.2 Å². The second-order valence-electron chi connectivity index (χ2n) is 10.4. The Morgan fingerprint density at radius 1 is 0.885 bits per heavy atom. The first-order valence-electron chi connectivity index (χ1n) is 13.5. The zero-order chi connectivity index (χ0) is 40.1. The van der Waals surface area contributed by atoms with Crippen LogP contribution in [0.15, 0.2) is 11.8 Å². The maximum absolute atomic E-state index is 11.8. The molecule has 0 bridgehead atoms. The maximum Gasteiger partial charge on any atom is 0.229 e. The Hall–Kier alpha value is -2.32. The number of carboxylic acids is 1. The topological polar surface area (TPSA) is 453 Å². The van der Waals surface area contributed by atoms with E-state index in [-0.39, 0.29) is 0 Å². The molecule has 0 aliphatic carbocycles. The molecule has 0 spiro atoms. The lowest BCUT2D eigenvalue weighted by Gasteiger charge is -2.45. The van der Waals surface area contributed by atoms with Crippen molar-refractivity contribution in [1.82, 2.24) is 5.32 Å². The fourth-order valence-corrected chi connectivity index (χ4v) is 6.35. The third-order valence-corrected chi connectivity index (χ3v) is 8.26. The Balaban J connectivity index is 2.61. The number of nitrogens with one attached hydrogen (secondary N) is 1. The number of aliphatic hydroxyl groups is 4. The first-order chi connectivity index (χ1) is 23.5. The highest BCUT2D eigenvalue weighted by molar-refractivity contribution is 7.81. The number of carboxylic acid groups (broad SMARTS) is 1. The van der Waals surface area contributed by atoms with Crippen LogP contribution >= 0.6 is 0 Å². The van der Waals surface area contributed by atoms with E-state index in [4.69, 9.17) is 18.9 Å². The van der Waals surface area contributed by atoms with Gasteiger partial charge in [-0.25, -0.2) is 33.7 Å². The number of carbonyl (C=O) groups is 2. The molecule has 2 aliphatic heterocycles. The normalized spacial score (nSPS) is 29.9. The molecule has 12 atom stereocenters. The lowest BCUT2D eigenvalue weighted by Crippen LogP contribution is -2.62. The Morgan fingerprint density at radius 3 is 1.90 bits per heavy atom. The van der Waals surface area contributed by atoms with Gasteiger partial charge < -0.3 is 72.8 Å². The molecule has 32 heteroatoms. The molecule has 1 fully saturated rings. The van der Waals surface area contributed by atoms with Gasteiger partial charge in [0.25, 0.3) is 0 Å². The van der Waals surface area contributed by atoms with Crippen LogP contribution in [-0.2, 0) is 86.9 Å². The summed E-state index contributed by atoms with van der Waals surface area (Å²) in [6.07, 6.45) is -27.0. The van der Waals surface area contributed by atoms with Gasteiger partial charge in [-0.15, -0.1) is 0 Å². The highest BCUT2D eigenvalue weighted by atomic mass is 32.3. The number of hydrogen-bond acceptors (Lipinski definition) is 27. The average molecular weight is 843 g/mol. The van der Waals surface area contributed by atoms with Crippen LogP contribution in [0, 0.1) is 0 Å². The van der Waals surface area contributed by atoms with E-state index in [2.05, 4.69) is 16.7 Å². The van der Waals surface area contributed by atoms with Gasteiger partial charge in [-0.2, -0.15) is 0 Å². The van der Waals surface area contributed by atoms with Gasteiger partial charge in [-0.05, 0) is 13.0 Å². The third kappa shape index (κ3) is 14.5. The summed E-state index contributed by atoms with van der Waals surface area (Å²) in [6.45, 7) is -1.35. The number of ether oxygens (including phenoxy) is 4. The van der Waals surface area contributed by atoms with Crippen LogP contribution < -0.4 is 10.4 Å². The summed E-state index contributed by atoms with van der Waals surface area (Å²) >= 11 is 0. The van der Waals surface area contributed by atoms with Gasteiger partial charge in [0.1, 0.15) is 54.5 Å². The number of aliphatic hydroxyl groups excluding tert-OH is 4. The summed E-state index contributed by atoms with van der Waals surface area (Å²) in [5.41, 5.74) is 0. The Bertz CT molecular complexity index is 1730. The standard InChI is InChI=1S/C20H33NO27S4/c1-6-14(46-50(32,33)34)13(26)17(48-52(38,39)40)20(42-6)43-10-3-11(18(27)28)44-19(12(10)25)45-15(8(4-22)21-7(2)23)16(47-51(35,36)37)9(24)5-41-49(29,30)31/h3,6,8-10,12-17,19-20,22,24-26H,4-5H2,1-2H3,(H,21,23)(H,27,28)(H,29,30,31)(H,32,33,34)(H,35,36,37)(H,38,39,40)/p-5/t6-,8-,9+,10-,12+,13+,14+,15+,16-,17-,19-,20-/m0/s1. The molecule has 1 saturated heterocycles. The van der Waals surface area contributed by atoms with E-state index >= 15 is 0 Å². The fraction of sp³-hybridized carbons (Fsp3) is 0.800. The van der Waals surface area contributed by atoms with E-state index in [0.717, 1.165) is 13.8 Å². The quantitative estimate of drug-likeness (QED) is 0.0595. The molecule has 304 valence electrons. The average Bonchev–Trinajstić information content (AvgIpc) is 2.96. The highest BCUT2D eigenvalue weighted by Crippen LogP contribution is 2.32. The molecule has 0 saturated carbocycles. The van der Waals surface area contributed by atoms with Gasteiger partial charge >= 0.3 is 0 Å². The van der Waals surface area contributed by atoms with Crippen molar-refractivity contribution in [3.8, 4) is 0 Å². The minimum absolute atomic E-state index is 0.345. The lowest BCUT2D eigenvalue weighted by atomic mass is 9.99. The molecule has 28 nitrogen and oxygen atoms in total. The predicted molar refractivity (Wildman–Crippen MR) is 144 cm³/mol. The minimum atomic E-state index is -6.00. The highest BCUT2D eigenvalue weighted by Gasteiger charge is 2.51. The van der Waals surface area contributed by atoms with E-state index in [1.54, 1.807) is 0 Å². The second-order valence-corrected chi connectivity index (χ2v) is 14.4. The van der Waals surface area contributed by atoms with Gasteiger partial charge in [-0.1, -0.05) is 0 Å². The summed E-state index contributed by atoms with van der Waals surface area (Å²) in [5.74, 6) is -4.71. The third-order valence-electron chi connectivity index (χ3n) is 6.47. The predicted octanol–water partition coefficient (Wildman–Crippen LogP) is -8.92. The molecule has 2 aliphatic rings. The van der Waals surface area contributed by atoms with E-state index in [1.807, 2.05) is 5.32 Å². The number of hydrogen-bond donors (Lipinski definition) is 5. The summed E-state index contributed by atoms with van der Waals surface area (Å²) < 4.78 is 172. The molecule has 1 amide bonds. The van der Waals surface area contributed by atoms with E-state index < -0.39 is 146 Å². The van der Waals surface area contributed by atoms with Crippen molar-refractivity contribution >= 4 is 53.5 Å². The molecule has 2 heterocycles. The van der Waals surface area contributed by atoms with E-state index in [9.17, 15) is 87.0 Å². The first-order valence-corrected chi connectivity index (χ1v) is 18.9. The van der Waals surface area contributed by atoms with E-state index in [0.29, 0.717) is 6.08 Å². The second kappa shape index (κ2) is 17.9. The summed E-state index contributed by atoms with van der Waals surface area (Å²) in [6, 6.07) is -2.07. The van der Waals surface area contributed by atoms with Crippen molar-refractivity contribution in [2.45, 2.75) is 87.4 Å². The van der Waals surface area contributed by atoms with Crippen molar-refractivity contribution in [3.63, 3.8) is 0 Å². The van der Waals surface area contributed by atoms with Crippen molar-refractivity contribution < 1.29 is 123 Å². The van der Waals surface area contributed by atoms with Gasteiger partial charge in [0.2, 0.25) is 53.8 Å². The summed E-state index contributed by atoms with van der Waals surface area (Å²) in [5, 5.41) is 55.8. The minimum Gasteiger partial charge on any atom is -0.726 e. The monoisotopic (exact) mass is 842 g/mol. The van der Waals surface area contributed by atoms with Gasteiger partial charge in [0.15, 0.2) is 12.4 Å². The van der Waals surface area contributed by atoms with Crippen LogP contribution in [0.5, 0.6) is 0 Å². The van der Waals surface area contributed by atoms with Crippen LogP contribution in [0.25, 0.3) is 0 Å². The molecule has 0 radical (unpaired) electrons. The largest absolute Gasteiger partial charge is 0.726 e. The molecule has 52 heavy (non-hydrogen) atoms. The Morgan fingerprint density at radius 2 is 1.44 bits per heavy atom. The smallest absolute Gasteiger partial charge is 0.229 e. The van der Waals surface area contributed by atoms with Crippen molar-refractivity contribution in [1.29, 1.82) is 0 Å². The molecule has 5 N–H and O–H groups in total. The zero-order valence-electron chi connectivity index (χ0n) is 25.7.